The summed E-state index contributed by atoms with van der Waals surface area (Å²) in [5.41, 5.74) is 2.11. The summed E-state index contributed by atoms with van der Waals surface area (Å²) in [6.07, 6.45) is 3.26. The molecular weight excluding hydrogens is 464 g/mol. The summed E-state index contributed by atoms with van der Waals surface area (Å²) in [5.74, 6) is 1.82. The van der Waals surface area contributed by atoms with E-state index in [2.05, 4.69) is 0 Å². The highest BCUT2D eigenvalue weighted by Crippen LogP contribution is 2.40. The van der Waals surface area contributed by atoms with Crippen LogP contribution in [0, 0.1) is 5.92 Å². The lowest BCUT2D eigenvalue weighted by molar-refractivity contribution is -0.128. The van der Waals surface area contributed by atoms with Crippen molar-refractivity contribution in [2.45, 2.75) is 38.1 Å². The van der Waals surface area contributed by atoms with E-state index in [1.165, 1.54) is 6.07 Å². The van der Waals surface area contributed by atoms with Gasteiger partial charge in [-0.05, 0) is 48.2 Å². The van der Waals surface area contributed by atoms with Crippen LogP contribution >= 0.6 is 0 Å². The normalized spacial score (nSPS) is 23.0. The third kappa shape index (κ3) is 4.22. The maximum absolute atomic E-state index is 13.3. The predicted octanol–water partition coefficient (Wildman–Crippen LogP) is 4.27. The van der Waals surface area contributed by atoms with Crippen LogP contribution in [0.2, 0.25) is 0 Å². The van der Waals surface area contributed by atoms with Gasteiger partial charge in [0.05, 0.1) is 37.6 Å². The van der Waals surface area contributed by atoms with E-state index >= 15 is 0 Å². The Kier molecular flexibility index (Phi) is 5.89. The molecule has 1 fully saturated rings. The molecule has 186 valence electrons. The Morgan fingerprint density at radius 2 is 1.83 bits per heavy atom. The molecule has 0 saturated heterocycles. The SMILES string of the molecule is COc1ccc2c(COC3CCC4C(=O)C(c5ccc6c(c5)OCCO6)=COC4C3)cc(=O)oc2c1. The Balaban J connectivity index is 1.14. The van der Waals surface area contributed by atoms with Gasteiger partial charge < -0.3 is 28.1 Å². The van der Waals surface area contributed by atoms with E-state index in [0.717, 1.165) is 22.9 Å². The average Bonchev–Trinajstić information content (AvgIpc) is 2.91. The summed E-state index contributed by atoms with van der Waals surface area (Å²) in [4.78, 5) is 25.4. The van der Waals surface area contributed by atoms with Crippen LogP contribution in [0.3, 0.4) is 0 Å². The molecular formula is C28H26O8. The molecule has 3 aliphatic rings. The highest BCUT2D eigenvalue weighted by Gasteiger charge is 2.41. The van der Waals surface area contributed by atoms with Crippen molar-refractivity contribution in [1.29, 1.82) is 0 Å². The molecule has 3 heterocycles. The van der Waals surface area contributed by atoms with Gasteiger partial charge >= 0.3 is 5.63 Å². The maximum atomic E-state index is 13.3. The van der Waals surface area contributed by atoms with Gasteiger partial charge in [0.25, 0.3) is 0 Å². The molecule has 0 radical (unpaired) electrons. The van der Waals surface area contributed by atoms with Gasteiger partial charge in [-0.25, -0.2) is 4.79 Å². The molecule has 6 rings (SSSR count). The van der Waals surface area contributed by atoms with Crippen molar-refractivity contribution in [3.8, 4) is 17.2 Å². The standard InChI is InChI=1S/C28H26O8/c1-31-18-3-5-20-17(11-27(29)36-25(20)12-18)14-34-19-4-6-21-24(13-19)35-15-22(28(21)30)16-2-7-23-26(10-16)33-9-8-32-23/h2-3,5,7,10-12,15,19,21,24H,4,6,8-9,13-14H2,1H3. The Morgan fingerprint density at radius 1 is 0.972 bits per heavy atom. The van der Waals surface area contributed by atoms with Crippen LogP contribution in [0.1, 0.15) is 30.4 Å². The van der Waals surface area contributed by atoms with E-state index in [1.807, 2.05) is 30.3 Å². The van der Waals surface area contributed by atoms with Crippen LogP contribution in [0.15, 0.2) is 57.9 Å². The second-order valence-electron chi connectivity index (χ2n) is 9.23. The number of hydrogen-bond acceptors (Lipinski definition) is 8. The molecule has 1 aliphatic carbocycles. The van der Waals surface area contributed by atoms with Gasteiger partial charge in [0.15, 0.2) is 17.3 Å². The first-order valence-corrected chi connectivity index (χ1v) is 12.1. The van der Waals surface area contributed by atoms with Gasteiger partial charge in [-0.15, -0.1) is 0 Å². The molecule has 3 aromatic rings. The Hall–Kier alpha value is -3.78. The number of Topliss-reactive ketones (excluding diaryl/α,β-unsaturated/α-hetero) is 1. The lowest BCUT2D eigenvalue weighted by atomic mass is 9.78. The van der Waals surface area contributed by atoms with Gasteiger partial charge in [0, 0.05) is 23.9 Å². The van der Waals surface area contributed by atoms with Crippen molar-refractivity contribution >= 4 is 22.3 Å². The lowest BCUT2D eigenvalue weighted by Gasteiger charge is -2.37. The largest absolute Gasteiger partial charge is 0.497 e. The number of carbonyl (C=O) groups is 1. The third-order valence-electron chi connectivity index (χ3n) is 7.07. The first kappa shape index (κ1) is 22.7. The molecule has 1 saturated carbocycles. The number of methoxy groups -OCH3 is 1. The summed E-state index contributed by atoms with van der Waals surface area (Å²) in [7, 11) is 1.56. The van der Waals surface area contributed by atoms with Crippen molar-refractivity contribution in [3.05, 3.63) is 70.3 Å². The zero-order valence-electron chi connectivity index (χ0n) is 19.9. The van der Waals surface area contributed by atoms with E-state index in [4.69, 9.17) is 28.1 Å². The minimum Gasteiger partial charge on any atom is -0.497 e. The van der Waals surface area contributed by atoms with Gasteiger partial charge in [-0.1, -0.05) is 6.07 Å². The molecule has 0 bridgehead atoms. The van der Waals surface area contributed by atoms with Gasteiger partial charge in [0.2, 0.25) is 0 Å². The second kappa shape index (κ2) is 9.35. The van der Waals surface area contributed by atoms with Crippen molar-refractivity contribution in [2.24, 2.45) is 5.92 Å². The molecule has 0 amide bonds. The fourth-order valence-corrected chi connectivity index (χ4v) is 5.19. The third-order valence-corrected chi connectivity index (χ3v) is 7.07. The van der Waals surface area contributed by atoms with E-state index in [9.17, 15) is 9.59 Å². The van der Waals surface area contributed by atoms with Crippen LogP contribution < -0.4 is 19.8 Å². The molecule has 0 N–H and O–H groups in total. The maximum Gasteiger partial charge on any atom is 0.336 e. The molecule has 3 atom stereocenters. The Labute approximate surface area is 207 Å². The van der Waals surface area contributed by atoms with E-state index in [0.29, 0.717) is 54.5 Å². The summed E-state index contributed by atoms with van der Waals surface area (Å²) in [6.45, 7) is 1.28. The highest BCUT2D eigenvalue weighted by atomic mass is 16.6. The lowest BCUT2D eigenvalue weighted by Crippen LogP contribution is -2.41. The summed E-state index contributed by atoms with van der Waals surface area (Å²) in [5, 5.41) is 0.806. The minimum atomic E-state index is -0.434. The number of ketones is 1. The molecule has 2 aliphatic heterocycles. The summed E-state index contributed by atoms with van der Waals surface area (Å²) >= 11 is 0. The first-order chi connectivity index (χ1) is 17.6. The fraction of sp³-hybridized carbons (Fsp3) is 0.357. The minimum absolute atomic E-state index is 0.0798. The zero-order valence-corrected chi connectivity index (χ0v) is 19.9. The summed E-state index contributed by atoms with van der Waals surface area (Å²) < 4.78 is 34.0. The smallest absolute Gasteiger partial charge is 0.336 e. The molecule has 36 heavy (non-hydrogen) atoms. The Morgan fingerprint density at radius 3 is 2.69 bits per heavy atom. The first-order valence-electron chi connectivity index (χ1n) is 12.1. The molecule has 8 heteroatoms. The molecule has 3 unspecified atom stereocenters. The number of benzene rings is 2. The van der Waals surface area contributed by atoms with E-state index in [1.54, 1.807) is 19.4 Å². The Bertz CT molecular complexity index is 1400. The van der Waals surface area contributed by atoms with Crippen molar-refractivity contribution in [1.82, 2.24) is 0 Å². The van der Waals surface area contributed by atoms with Gasteiger partial charge in [0.1, 0.15) is 30.7 Å². The van der Waals surface area contributed by atoms with Crippen LogP contribution in [-0.2, 0) is 20.9 Å². The molecule has 0 spiro atoms. The quantitative estimate of drug-likeness (QED) is 0.490. The number of allylic oxidation sites excluding steroid dienone is 1. The summed E-state index contributed by atoms with van der Waals surface area (Å²) in [6, 6.07) is 12.4. The van der Waals surface area contributed by atoms with E-state index < -0.39 is 5.63 Å². The van der Waals surface area contributed by atoms with Gasteiger partial charge in [-0.3, -0.25) is 4.79 Å². The van der Waals surface area contributed by atoms with Crippen LogP contribution in [-0.4, -0.2) is 38.3 Å². The fourth-order valence-electron chi connectivity index (χ4n) is 5.19. The van der Waals surface area contributed by atoms with Crippen molar-refractivity contribution in [2.75, 3.05) is 20.3 Å². The number of hydrogen-bond donors (Lipinski definition) is 0. The predicted molar refractivity (Wildman–Crippen MR) is 130 cm³/mol. The molecule has 8 nitrogen and oxygen atoms in total. The van der Waals surface area contributed by atoms with Crippen LogP contribution in [0.25, 0.3) is 16.5 Å². The van der Waals surface area contributed by atoms with Crippen LogP contribution in [0.5, 0.6) is 17.2 Å². The monoisotopic (exact) mass is 490 g/mol. The topological polar surface area (TPSA) is 93.4 Å². The number of carbonyl (C=O) groups excluding carboxylic acids is 1. The van der Waals surface area contributed by atoms with E-state index in [-0.39, 0.29) is 30.5 Å². The van der Waals surface area contributed by atoms with Crippen molar-refractivity contribution in [3.63, 3.8) is 0 Å². The average molecular weight is 491 g/mol. The number of ether oxygens (including phenoxy) is 5. The van der Waals surface area contributed by atoms with Crippen molar-refractivity contribution < 1.29 is 32.9 Å². The molecule has 1 aromatic heterocycles. The van der Waals surface area contributed by atoms with Crippen LogP contribution in [0.4, 0.5) is 0 Å². The molecule has 2 aromatic carbocycles. The highest BCUT2D eigenvalue weighted by molar-refractivity contribution is 6.22. The van der Waals surface area contributed by atoms with Gasteiger partial charge in [-0.2, -0.15) is 0 Å². The second-order valence-corrected chi connectivity index (χ2v) is 9.23. The number of rotatable bonds is 5. The number of fused-ring (bicyclic) bond motifs is 3. The zero-order chi connectivity index (χ0) is 24.6.